The van der Waals surface area contributed by atoms with E-state index in [1.165, 1.54) is 24.2 Å². The summed E-state index contributed by atoms with van der Waals surface area (Å²) in [5, 5.41) is 5.58. The van der Waals surface area contributed by atoms with Gasteiger partial charge >= 0.3 is 0 Å². The first-order chi connectivity index (χ1) is 9.76. The van der Waals surface area contributed by atoms with Crippen LogP contribution in [-0.2, 0) is 6.42 Å². The fraction of sp³-hybridized carbons (Fsp3) is 0.333. The van der Waals surface area contributed by atoms with Gasteiger partial charge in [-0.2, -0.15) is 0 Å². The number of nitrogens with two attached hydrogens (primary N) is 1. The largest absolute Gasteiger partial charge is 0.330 e. The number of anilines is 1. The fourth-order valence-corrected chi connectivity index (χ4v) is 2.86. The molecular formula is C15H17N3OS. The summed E-state index contributed by atoms with van der Waals surface area (Å²) in [7, 11) is 0. The van der Waals surface area contributed by atoms with Crippen LogP contribution in [-0.4, -0.2) is 17.4 Å². The fourth-order valence-electron chi connectivity index (χ4n) is 2.07. The minimum atomic E-state index is -0.110. The maximum absolute atomic E-state index is 12.1. The molecule has 1 saturated carbocycles. The van der Waals surface area contributed by atoms with E-state index in [4.69, 9.17) is 5.73 Å². The van der Waals surface area contributed by atoms with Gasteiger partial charge in [0.2, 0.25) is 0 Å². The zero-order chi connectivity index (χ0) is 13.9. The average molecular weight is 287 g/mol. The molecule has 5 heteroatoms. The summed E-state index contributed by atoms with van der Waals surface area (Å²) in [6, 6.07) is 7.55. The Balaban J connectivity index is 1.65. The van der Waals surface area contributed by atoms with Crippen molar-refractivity contribution in [3.05, 3.63) is 46.5 Å². The van der Waals surface area contributed by atoms with Crippen molar-refractivity contribution in [2.45, 2.75) is 25.2 Å². The number of amides is 1. The summed E-state index contributed by atoms with van der Waals surface area (Å²) in [6.45, 7) is 0.620. The van der Waals surface area contributed by atoms with Crippen LogP contribution in [0.1, 0.15) is 40.4 Å². The quantitative estimate of drug-likeness (QED) is 0.888. The van der Waals surface area contributed by atoms with Crippen LogP contribution < -0.4 is 11.1 Å². The Morgan fingerprint density at radius 3 is 2.75 bits per heavy atom. The SMILES string of the molecule is NCCc1ccc(C(=O)Nc2nc(C3CC3)cs2)cc1. The molecule has 0 bridgehead atoms. The van der Waals surface area contributed by atoms with Gasteiger partial charge in [0.1, 0.15) is 0 Å². The summed E-state index contributed by atoms with van der Waals surface area (Å²) >= 11 is 1.49. The van der Waals surface area contributed by atoms with Crippen molar-refractivity contribution < 1.29 is 4.79 Å². The van der Waals surface area contributed by atoms with E-state index in [-0.39, 0.29) is 5.91 Å². The van der Waals surface area contributed by atoms with Gasteiger partial charge in [0.15, 0.2) is 5.13 Å². The van der Waals surface area contributed by atoms with E-state index in [0.29, 0.717) is 23.2 Å². The lowest BCUT2D eigenvalue weighted by Crippen LogP contribution is -2.12. The van der Waals surface area contributed by atoms with Crippen LogP contribution in [0.3, 0.4) is 0 Å². The number of benzene rings is 1. The molecule has 3 rings (SSSR count). The van der Waals surface area contributed by atoms with Gasteiger partial charge in [-0.15, -0.1) is 11.3 Å². The van der Waals surface area contributed by atoms with Crippen molar-refractivity contribution in [2.75, 3.05) is 11.9 Å². The topological polar surface area (TPSA) is 68.0 Å². The maximum Gasteiger partial charge on any atom is 0.257 e. The van der Waals surface area contributed by atoms with Crippen molar-refractivity contribution in [3.63, 3.8) is 0 Å². The van der Waals surface area contributed by atoms with Crippen LogP contribution in [0.5, 0.6) is 0 Å². The van der Waals surface area contributed by atoms with Gasteiger partial charge in [-0.3, -0.25) is 10.1 Å². The van der Waals surface area contributed by atoms with Crippen LogP contribution in [0.25, 0.3) is 0 Å². The number of carbonyl (C=O) groups excluding carboxylic acids is 1. The highest BCUT2D eigenvalue weighted by Crippen LogP contribution is 2.40. The monoisotopic (exact) mass is 287 g/mol. The van der Waals surface area contributed by atoms with Gasteiger partial charge in [0, 0.05) is 16.9 Å². The Bertz CT molecular complexity index is 602. The van der Waals surface area contributed by atoms with Gasteiger partial charge in [-0.25, -0.2) is 4.98 Å². The Labute approximate surface area is 122 Å². The van der Waals surface area contributed by atoms with Crippen LogP contribution in [0.4, 0.5) is 5.13 Å². The van der Waals surface area contributed by atoms with E-state index in [1.807, 2.05) is 29.6 Å². The molecule has 0 unspecified atom stereocenters. The number of hydrogen-bond acceptors (Lipinski definition) is 4. The first kappa shape index (κ1) is 13.3. The van der Waals surface area contributed by atoms with Gasteiger partial charge in [0.05, 0.1) is 5.69 Å². The molecule has 1 aromatic carbocycles. The van der Waals surface area contributed by atoms with Gasteiger partial charge in [-0.05, 0) is 43.5 Å². The van der Waals surface area contributed by atoms with Crippen molar-refractivity contribution >= 4 is 22.4 Å². The van der Waals surface area contributed by atoms with E-state index >= 15 is 0 Å². The zero-order valence-electron chi connectivity index (χ0n) is 11.1. The number of rotatable bonds is 5. The molecule has 20 heavy (non-hydrogen) atoms. The lowest BCUT2D eigenvalue weighted by molar-refractivity contribution is 0.102. The number of nitrogens with zero attached hydrogens (tertiary/aromatic N) is 1. The molecule has 104 valence electrons. The molecular weight excluding hydrogens is 270 g/mol. The van der Waals surface area contributed by atoms with E-state index < -0.39 is 0 Å². The molecule has 1 fully saturated rings. The summed E-state index contributed by atoms with van der Waals surface area (Å²) in [6.07, 6.45) is 3.28. The summed E-state index contributed by atoms with van der Waals surface area (Å²) in [5.41, 5.74) is 8.42. The van der Waals surface area contributed by atoms with Crippen molar-refractivity contribution in [1.29, 1.82) is 0 Å². The molecule has 3 N–H and O–H groups in total. The third-order valence-electron chi connectivity index (χ3n) is 3.39. The smallest absolute Gasteiger partial charge is 0.257 e. The van der Waals surface area contributed by atoms with Gasteiger partial charge in [-0.1, -0.05) is 12.1 Å². The predicted octanol–water partition coefficient (Wildman–Crippen LogP) is 2.77. The maximum atomic E-state index is 12.1. The molecule has 1 aliphatic rings. The normalized spacial score (nSPS) is 14.2. The minimum Gasteiger partial charge on any atom is -0.330 e. The lowest BCUT2D eigenvalue weighted by atomic mass is 10.1. The second kappa shape index (κ2) is 5.73. The number of hydrogen-bond donors (Lipinski definition) is 2. The van der Waals surface area contributed by atoms with Gasteiger partial charge in [0.25, 0.3) is 5.91 Å². The average Bonchev–Trinajstić information content (AvgIpc) is 3.21. The van der Waals surface area contributed by atoms with E-state index in [2.05, 4.69) is 10.3 Å². The molecule has 0 spiro atoms. The molecule has 0 saturated heterocycles. The van der Waals surface area contributed by atoms with E-state index in [0.717, 1.165) is 17.7 Å². The van der Waals surface area contributed by atoms with Gasteiger partial charge < -0.3 is 5.73 Å². The van der Waals surface area contributed by atoms with E-state index in [9.17, 15) is 4.79 Å². The van der Waals surface area contributed by atoms with E-state index in [1.54, 1.807) is 0 Å². The van der Waals surface area contributed by atoms with Crippen LogP contribution in [0.2, 0.25) is 0 Å². The summed E-state index contributed by atoms with van der Waals surface area (Å²) in [5.74, 6) is 0.508. The summed E-state index contributed by atoms with van der Waals surface area (Å²) < 4.78 is 0. The number of thiazole rings is 1. The van der Waals surface area contributed by atoms with Crippen LogP contribution in [0, 0.1) is 0 Å². The third-order valence-corrected chi connectivity index (χ3v) is 4.16. The Hall–Kier alpha value is -1.72. The molecule has 1 heterocycles. The second-order valence-electron chi connectivity index (χ2n) is 5.04. The molecule has 0 atom stereocenters. The van der Waals surface area contributed by atoms with Crippen LogP contribution >= 0.6 is 11.3 Å². The van der Waals surface area contributed by atoms with Crippen molar-refractivity contribution in [2.24, 2.45) is 5.73 Å². The Morgan fingerprint density at radius 2 is 2.10 bits per heavy atom. The van der Waals surface area contributed by atoms with Crippen molar-refractivity contribution in [3.8, 4) is 0 Å². The second-order valence-corrected chi connectivity index (χ2v) is 5.90. The van der Waals surface area contributed by atoms with Crippen molar-refractivity contribution in [1.82, 2.24) is 4.98 Å². The zero-order valence-corrected chi connectivity index (χ0v) is 12.0. The highest BCUT2D eigenvalue weighted by molar-refractivity contribution is 7.14. The molecule has 1 aliphatic carbocycles. The number of aromatic nitrogens is 1. The molecule has 1 amide bonds. The first-order valence-corrected chi connectivity index (χ1v) is 7.70. The molecule has 1 aromatic heterocycles. The third kappa shape index (κ3) is 3.05. The Kier molecular flexibility index (Phi) is 3.80. The number of carbonyl (C=O) groups is 1. The molecule has 4 nitrogen and oxygen atoms in total. The minimum absolute atomic E-state index is 0.110. The predicted molar refractivity (Wildman–Crippen MR) is 81.2 cm³/mol. The highest BCUT2D eigenvalue weighted by atomic mass is 32.1. The molecule has 2 aromatic rings. The first-order valence-electron chi connectivity index (χ1n) is 6.82. The molecule has 0 aliphatic heterocycles. The van der Waals surface area contributed by atoms with Crippen LogP contribution in [0.15, 0.2) is 29.6 Å². The summed E-state index contributed by atoms with van der Waals surface area (Å²) in [4.78, 5) is 16.6. The standard InChI is InChI=1S/C15H17N3OS/c16-8-7-10-1-3-12(4-2-10)14(19)18-15-17-13(9-20-15)11-5-6-11/h1-4,9,11H,5-8,16H2,(H,17,18,19). The number of nitrogens with one attached hydrogen (secondary N) is 1. The molecule has 0 radical (unpaired) electrons. The lowest BCUT2D eigenvalue weighted by Gasteiger charge is -2.03. The Morgan fingerprint density at radius 1 is 1.35 bits per heavy atom. The highest BCUT2D eigenvalue weighted by Gasteiger charge is 2.26.